The summed E-state index contributed by atoms with van der Waals surface area (Å²) in [5.74, 6) is 0. The molecule has 2 fully saturated rings. The van der Waals surface area contributed by atoms with Gasteiger partial charge in [0.15, 0.2) is 0 Å². The molecule has 0 aliphatic carbocycles. The second-order valence-electron chi connectivity index (χ2n) is 5.36. The van der Waals surface area contributed by atoms with Crippen molar-refractivity contribution in [1.82, 2.24) is 4.90 Å². The smallest absolute Gasteiger partial charge is 0.0895 e. The Morgan fingerprint density at radius 1 is 1.32 bits per heavy atom. The molecule has 2 N–H and O–H groups in total. The second kappa shape index (κ2) is 5.58. The van der Waals surface area contributed by atoms with Gasteiger partial charge in [0.1, 0.15) is 0 Å². The molecule has 3 atom stereocenters. The van der Waals surface area contributed by atoms with Crippen LogP contribution in [-0.4, -0.2) is 36.7 Å². The third-order valence-electron chi connectivity index (χ3n) is 4.15. The summed E-state index contributed by atoms with van der Waals surface area (Å²) in [5.41, 5.74) is 7.30. The van der Waals surface area contributed by atoms with Crippen LogP contribution in [0, 0.1) is 0 Å². The third kappa shape index (κ3) is 2.76. The molecule has 3 rings (SSSR count). The van der Waals surface area contributed by atoms with E-state index in [1.165, 1.54) is 19.4 Å². The number of hydrogen-bond acceptors (Lipinski definition) is 3. The highest BCUT2D eigenvalue weighted by molar-refractivity contribution is 6.42. The SMILES string of the molecule is NC(c1ccc(Cl)c(Cl)c1)C1CN2CCCC2CO1. The number of halogens is 2. The maximum absolute atomic E-state index is 6.32. The molecule has 0 radical (unpaired) electrons. The van der Waals surface area contributed by atoms with Gasteiger partial charge in [-0.25, -0.2) is 0 Å². The highest BCUT2D eigenvalue weighted by atomic mass is 35.5. The van der Waals surface area contributed by atoms with Crippen molar-refractivity contribution in [1.29, 1.82) is 0 Å². The summed E-state index contributed by atoms with van der Waals surface area (Å²) in [5, 5.41) is 1.10. The lowest BCUT2D eigenvalue weighted by molar-refractivity contribution is -0.0597. The summed E-state index contributed by atoms with van der Waals surface area (Å²) in [6.07, 6.45) is 2.55. The maximum Gasteiger partial charge on any atom is 0.0895 e. The minimum Gasteiger partial charge on any atom is -0.373 e. The number of hydrogen-bond donors (Lipinski definition) is 1. The first-order valence-electron chi connectivity index (χ1n) is 6.71. The topological polar surface area (TPSA) is 38.5 Å². The number of nitrogens with zero attached hydrogens (tertiary/aromatic N) is 1. The van der Waals surface area contributed by atoms with Crippen LogP contribution < -0.4 is 5.73 Å². The molecule has 104 valence electrons. The van der Waals surface area contributed by atoms with Gasteiger partial charge in [0, 0.05) is 12.6 Å². The van der Waals surface area contributed by atoms with Crippen LogP contribution in [0.1, 0.15) is 24.4 Å². The van der Waals surface area contributed by atoms with Gasteiger partial charge in [0.2, 0.25) is 0 Å². The lowest BCUT2D eigenvalue weighted by atomic mass is 10.0. The molecule has 1 aromatic carbocycles. The van der Waals surface area contributed by atoms with Crippen molar-refractivity contribution in [2.45, 2.75) is 31.0 Å². The Balaban J connectivity index is 1.72. The molecule has 0 amide bonds. The number of rotatable bonds is 2. The van der Waals surface area contributed by atoms with Crippen molar-refractivity contribution < 1.29 is 4.74 Å². The van der Waals surface area contributed by atoms with E-state index in [-0.39, 0.29) is 12.1 Å². The van der Waals surface area contributed by atoms with Gasteiger partial charge < -0.3 is 10.5 Å². The summed E-state index contributed by atoms with van der Waals surface area (Å²) in [4.78, 5) is 2.49. The van der Waals surface area contributed by atoms with Gasteiger partial charge in [0.25, 0.3) is 0 Å². The first kappa shape index (κ1) is 13.7. The normalized spacial score (nSPS) is 29.2. The Bertz CT molecular complexity index is 469. The van der Waals surface area contributed by atoms with E-state index in [0.717, 1.165) is 18.7 Å². The Kier molecular flexibility index (Phi) is 4.01. The van der Waals surface area contributed by atoms with Crippen LogP contribution in [0.3, 0.4) is 0 Å². The molecule has 0 spiro atoms. The minimum atomic E-state index is -0.156. The van der Waals surface area contributed by atoms with E-state index in [0.29, 0.717) is 16.1 Å². The summed E-state index contributed by atoms with van der Waals surface area (Å²) in [6.45, 7) is 2.87. The predicted molar refractivity (Wildman–Crippen MR) is 77.7 cm³/mol. The molecule has 3 unspecified atom stereocenters. The fourth-order valence-electron chi connectivity index (χ4n) is 2.99. The first-order chi connectivity index (χ1) is 9.15. The molecule has 0 bridgehead atoms. The van der Waals surface area contributed by atoms with Crippen LogP contribution in [0.15, 0.2) is 18.2 Å². The molecular weight excluding hydrogens is 283 g/mol. The monoisotopic (exact) mass is 300 g/mol. The molecule has 5 heteroatoms. The fourth-order valence-corrected chi connectivity index (χ4v) is 3.30. The summed E-state index contributed by atoms with van der Waals surface area (Å²) in [6, 6.07) is 6.00. The summed E-state index contributed by atoms with van der Waals surface area (Å²) in [7, 11) is 0. The van der Waals surface area contributed by atoms with Crippen molar-refractivity contribution >= 4 is 23.2 Å². The van der Waals surface area contributed by atoms with E-state index in [1.807, 2.05) is 12.1 Å². The van der Waals surface area contributed by atoms with Crippen LogP contribution in [0.4, 0.5) is 0 Å². The number of benzene rings is 1. The molecule has 0 saturated carbocycles. The quantitative estimate of drug-likeness (QED) is 0.913. The first-order valence-corrected chi connectivity index (χ1v) is 7.47. The van der Waals surface area contributed by atoms with Crippen molar-refractivity contribution in [2.75, 3.05) is 19.7 Å². The van der Waals surface area contributed by atoms with Crippen LogP contribution in [0.25, 0.3) is 0 Å². The van der Waals surface area contributed by atoms with E-state index in [2.05, 4.69) is 4.90 Å². The Hall–Kier alpha value is -0.320. The van der Waals surface area contributed by atoms with Gasteiger partial charge in [-0.1, -0.05) is 29.3 Å². The van der Waals surface area contributed by atoms with Gasteiger partial charge in [-0.2, -0.15) is 0 Å². The minimum absolute atomic E-state index is 0.0339. The highest BCUT2D eigenvalue weighted by Gasteiger charge is 2.35. The van der Waals surface area contributed by atoms with E-state index in [9.17, 15) is 0 Å². The number of fused-ring (bicyclic) bond motifs is 1. The van der Waals surface area contributed by atoms with Crippen LogP contribution in [0.2, 0.25) is 10.0 Å². The summed E-state index contributed by atoms with van der Waals surface area (Å²) < 4.78 is 5.94. The van der Waals surface area contributed by atoms with Gasteiger partial charge in [-0.15, -0.1) is 0 Å². The fraction of sp³-hybridized carbons (Fsp3) is 0.571. The average Bonchev–Trinajstić information content (AvgIpc) is 2.88. The van der Waals surface area contributed by atoms with E-state index >= 15 is 0 Å². The van der Waals surface area contributed by atoms with Gasteiger partial charge in [0.05, 0.1) is 28.8 Å². The molecule has 1 aromatic rings. The lowest BCUT2D eigenvalue weighted by Crippen LogP contribution is -2.49. The predicted octanol–water partition coefficient (Wildman–Crippen LogP) is 2.86. The lowest BCUT2D eigenvalue weighted by Gasteiger charge is -2.37. The second-order valence-corrected chi connectivity index (χ2v) is 6.18. The highest BCUT2D eigenvalue weighted by Crippen LogP contribution is 2.30. The van der Waals surface area contributed by atoms with E-state index in [1.54, 1.807) is 6.07 Å². The average molecular weight is 301 g/mol. The molecule has 2 aliphatic heterocycles. The largest absolute Gasteiger partial charge is 0.373 e. The van der Waals surface area contributed by atoms with Crippen LogP contribution in [0.5, 0.6) is 0 Å². The van der Waals surface area contributed by atoms with E-state index in [4.69, 9.17) is 33.7 Å². The maximum atomic E-state index is 6.32. The Labute approximate surface area is 123 Å². The third-order valence-corrected chi connectivity index (χ3v) is 4.88. The molecular formula is C14H18Cl2N2O. The Morgan fingerprint density at radius 2 is 2.16 bits per heavy atom. The van der Waals surface area contributed by atoms with Crippen molar-refractivity contribution in [3.05, 3.63) is 33.8 Å². The molecule has 19 heavy (non-hydrogen) atoms. The van der Waals surface area contributed by atoms with Gasteiger partial charge >= 0.3 is 0 Å². The van der Waals surface area contributed by atoms with E-state index < -0.39 is 0 Å². The zero-order valence-corrected chi connectivity index (χ0v) is 12.2. The molecule has 0 aromatic heterocycles. The zero-order chi connectivity index (χ0) is 13.4. The van der Waals surface area contributed by atoms with Crippen LogP contribution in [-0.2, 0) is 4.74 Å². The van der Waals surface area contributed by atoms with Gasteiger partial charge in [-0.3, -0.25) is 4.90 Å². The van der Waals surface area contributed by atoms with Crippen LogP contribution >= 0.6 is 23.2 Å². The molecule has 2 aliphatic rings. The van der Waals surface area contributed by atoms with Crippen molar-refractivity contribution in [3.8, 4) is 0 Å². The molecule has 3 nitrogen and oxygen atoms in total. The Morgan fingerprint density at radius 3 is 2.95 bits per heavy atom. The molecule has 2 saturated heterocycles. The van der Waals surface area contributed by atoms with Crippen molar-refractivity contribution in [3.63, 3.8) is 0 Å². The standard InChI is InChI=1S/C14H18Cl2N2O/c15-11-4-3-9(6-12(11)16)14(17)13-7-18-5-1-2-10(18)8-19-13/h3-4,6,10,13-14H,1-2,5,7-8,17H2. The molecule has 2 heterocycles. The van der Waals surface area contributed by atoms with Crippen molar-refractivity contribution in [2.24, 2.45) is 5.73 Å². The number of nitrogens with two attached hydrogens (primary N) is 1. The van der Waals surface area contributed by atoms with Gasteiger partial charge in [-0.05, 0) is 37.1 Å². The number of morpholine rings is 1. The number of ether oxygens (including phenoxy) is 1. The zero-order valence-electron chi connectivity index (χ0n) is 10.7. The summed E-state index contributed by atoms with van der Waals surface area (Å²) >= 11 is 12.0.